The Morgan fingerprint density at radius 1 is 1.24 bits per heavy atom. The molecule has 1 aromatic carbocycles. The van der Waals surface area contributed by atoms with Gasteiger partial charge >= 0.3 is 0 Å². The van der Waals surface area contributed by atoms with Gasteiger partial charge in [0.1, 0.15) is 0 Å². The lowest BCUT2D eigenvalue weighted by atomic mass is 9.98. The molecule has 2 nitrogen and oxygen atoms in total. The van der Waals surface area contributed by atoms with Gasteiger partial charge in [-0.3, -0.25) is 0 Å². The summed E-state index contributed by atoms with van der Waals surface area (Å²) in [6.07, 6.45) is 4.95. The van der Waals surface area contributed by atoms with E-state index in [0.717, 1.165) is 17.6 Å². The van der Waals surface area contributed by atoms with E-state index in [1.165, 1.54) is 31.2 Å². The van der Waals surface area contributed by atoms with Crippen molar-refractivity contribution >= 4 is 15.9 Å². The summed E-state index contributed by atoms with van der Waals surface area (Å²) in [5.74, 6) is 0. The molecule has 1 aromatic rings. The summed E-state index contributed by atoms with van der Waals surface area (Å²) < 4.78 is 1.13. The molecule has 0 aliphatic heterocycles. The van der Waals surface area contributed by atoms with Gasteiger partial charge in [-0.2, -0.15) is 0 Å². The van der Waals surface area contributed by atoms with E-state index in [4.69, 9.17) is 5.73 Å². The summed E-state index contributed by atoms with van der Waals surface area (Å²) in [6, 6.07) is 8.52. The molecule has 0 bridgehead atoms. The number of halogens is 1. The van der Waals surface area contributed by atoms with Gasteiger partial charge in [-0.1, -0.05) is 40.9 Å². The standard InChI is InChI=1S/C14H21BrN2/c1-17(11-14(16)8-2-3-9-14)10-12-4-6-13(15)7-5-12/h4-7H,2-3,8-11,16H2,1H3. The Labute approximate surface area is 112 Å². The SMILES string of the molecule is CN(Cc1ccc(Br)cc1)CC1(N)CCCC1. The number of rotatable bonds is 4. The van der Waals surface area contributed by atoms with Gasteiger partial charge in [-0.25, -0.2) is 0 Å². The molecule has 3 heteroatoms. The molecule has 0 aromatic heterocycles. The number of hydrogen-bond acceptors (Lipinski definition) is 2. The van der Waals surface area contributed by atoms with Crippen LogP contribution >= 0.6 is 15.9 Å². The van der Waals surface area contributed by atoms with E-state index < -0.39 is 0 Å². The molecule has 94 valence electrons. The molecule has 1 fully saturated rings. The Kier molecular flexibility index (Phi) is 4.23. The second kappa shape index (κ2) is 5.51. The first-order valence-corrected chi connectivity index (χ1v) is 7.09. The Morgan fingerprint density at radius 3 is 2.41 bits per heavy atom. The minimum absolute atomic E-state index is 0.0596. The van der Waals surface area contributed by atoms with Gasteiger partial charge < -0.3 is 10.6 Å². The summed E-state index contributed by atoms with van der Waals surface area (Å²) in [5.41, 5.74) is 7.79. The summed E-state index contributed by atoms with van der Waals surface area (Å²) in [5, 5.41) is 0. The molecule has 17 heavy (non-hydrogen) atoms. The minimum Gasteiger partial charge on any atom is -0.324 e. The summed E-state index contributed by atoms with van der Waals surface area (Å²) in [6.45, 7) is 1.98. The van der Waals surface area contributed by atoms with Crippen molar-refractivity contribution in [3.05, 3.63) is 34.3 Å². The van der Waals surface area contributed by atoms with Crippen molar-refractivity contribution in [2.24, 2.45) is 5.73 Å². The maximum Gasteiger partial charge on any atom is 0.0283 e. The van der Waals surface area contributed by atoms with Crippen molar-refractivity contribution in [3.63, 3.8) is 0 Å². The fourth-order valence-corrected chi connectivity index (χ4v) is 3.00. The molecule has 2 rings (SSSR count). The van der Waals surface area contributed by atoms with Gasteiger partial charge in [0.2, 0.25) is 0 Å². The summed E-state index contributed by atoms with van der Waals surface area (Å²) in [4.78, 5) is 2.34. The third-order valence-electron chi connectivity index (χ3n) is 3.55. The zero-order valence-corrected chi connectivity index (χ0v) is 12.0. The zero-order chi connectivity index (χ0) is 12.3. The van der Waals surface area contributed by atoms with E-state index >= 15 is 0 Å². The molecule has 0 amide bonds. The normalized spacial score (nSPS) is 18.8. The third-order valence-corrected chi connectivity index (χ3v) is 4.08. The van der Waals surface area contributed by atoms with Crippen molar-refractivity contribution < 1.29 is 0 Å². The van der Waals surface area contributed by atoms with Crippen molar-refractivity contribution in [1.82, 2.24) is 4.90 Å². The van der Waals surface area contributed by atoms with E-state index in [1.54, 1.807) is 0 Å². The molecule has 1 saturated carbocycles. The van der Waals surface area contributed by atoms with Gasteiger partial charge in [-0.05, 0) is 37.6 Å². The Hall–Kier alpha value is -0.380. The number of nitrogens with zero attached hydrogens (tertiary/aromatic N) is 1. The predicted octanol–water partition coefficient (Wildman–Crippen LogP) is 3.15. The van der Waals surface area contributed by atoms with Gasteiger partial charge in [0.05, 0.1) is 0 Å². The van der Waals surface area contributed by atoms with E-state index in [-0.39, 0.29) is 5.54 Å². The van der Waals surface area contributed by atoms with E-state index in [0.29, 0.717) is 0 Å². The highest BCUT2D eigenvalue weighted by Gasteiger charge is 2.30. The molecule has 0 saturated heterocycles. The van der Waals surface area contributed by atoms with Crippen LogP contribution < -0.4 is 5.73 Å². The van der Waals surface area contributed by atoms with Crippen LogP contribution in [0.15, 0.2) is 28.7 Å². The molecule has 0 heterocycles. The third kappa shape index (κ3) is 3.80. The second-order valence-corrected chi connectivity index (χ2v) is 6.28. The van der Waals surface area contributed by atoms with Crippen LogP contribution in [0, 0.1) is 0 Å². The maximum absolute atomic E-state index is 6.39. The van der Waals surface area contributed by atoms with E-state index in [9.17, 15) is 0 Å². The van der Waals surface area contributed by atoms with Gasteiger partial charge in [0, 0.05) is 23.1 Å². The first kappa shape index (κ1) is 13.1. The van der Waals surface area contributed by atoms with Crippen molar-refractivity contribution in [1.29, 1.82) is 0 Å². The minimum atomic E-state index is 0.0596. The van der Waals surface area contributed by atoms with Gasteiger partial charge in [-0.15, -0.1) is 0 Å². The summed E-state index contributed by atoms with van der Waals surface area (Å²) in [7, 11) is 2.16. The van der Waals surface area contributed by atoms with Crippen LogP contribution in [0.2, 0.25) is 0 Å². The Bertz CT molecular complexity index is 355. The van der Waals surface area contributed by atoms with E-state index in [2.05, 4.69) is 52.1 Å². The average Bonchev–Trinajstić information content (AvgIpc) is 2.68. The predicted molar refractivity (Wildman–Crippen MR) is 75.9 cm³/mol. The van der Waals surface area contributed by atoms with Gasteiger partial charge in [0.15, 0.2) is 0 Å². The van der Waals surface area contributed by atoms with Crippen LogP contribution in [0.25, 0.3) is 0 Å². The molecule has 0 unspecified atom stereocenters. The monoisotopic (exact) mass is 296 g/mol. The largest absolute Gasteiger partial charge is 0.324 e. The lowest BCUT2D eigenvalue weighted by molar-refractivity contribution is 0.241. The molecule has 1 aliphatic carbocycles. The number of hydrogen-bond donors (Lipinski definition) is 1. The highest BCUT2D eigenvalue weighted by molar-refractivity contribution is 9.10. The first-order valence-electron chi connectivity index (χ1n) is 6.29. The topological polar surface area (TPSA) is 29.3 Å². The smallest absolute Gasteiger partial charge is 0.0283 e. The lowest BCUT2D eigenvalue weighted by Gasteiger charge is -2.29. The van der Waals surface area contributed by atoms with Crippen molar-refractivity contribution in [2.75, 3.05) is 13.6 Å². The zero-order valence-electron chi connectivity index (χ0n) is 10.5. The molecule has 2 N–H and O–H groups in total. The highest BCUT2D eigenvalue weighted by atomic mass is 79.9. The molecule has 0 atom stereocenters. The van der Waals surface area contributed by atoms with Crippen LogP contribution in [-0.4, -0.2) is 24.0 Å². The fraction of sp³-hybridized carbons (Fsp3) is 0.571. The molecular weight excluding hydrogens is 276 g/mol. The van der Waals surface area contributed by atoms with Crippen LogP contribution in [0.4, 0.5) is 0 Å². The van der Waals surface area contributed by atoms with Crippen LogP contribution in [0.1, 0.15) is 31.2 Å². The van der Waals surface area contributed by atoms with Crippen LogP contribution in [0.5, 0.6) is 0 Å². The number of benzene rings is 1. The second-order valence-electron chi connectivity index (χ2n) is 5.37. The number of likely N-dealkylation sites (N-methyl/N-ethyl adjacent to an activating group) is 1. The fourth-order valence-electron chi connectivity index (χ4n) is 2.73. The highest BCUT2D eigenvalue weighted by Crippen LogP contribution is 2.28. The maximum atomic E-state index is 6.39. The van der Waals surface area contributed by atoms with Crippen molar-refractivity contribution in [2.45, 2.75) is 37.8 Å². The molecule has 0 radical (unpaired) electrons. The van der Waals surface area contributed by atoms with Gasteiger partial charge in [0.25, 0.3) is 0 Å². The summed E-state index contributed by atoms with van der Waals surface area (Å²) >= 11 is 3.46. The van der Waals surface area contributed by atoms with Crippen molar-refractivity contribution in [3.8, 4) is 0 Å². The Morgan fingerprint density at radius 2 is 1.82 bits per heavy atom. The van der Waals surface area contributed by atoms with E-state index in [1.807, 2.05) is 0 Å². The molecule has 0 spiro atoms. The Balaban J connectivity index is 1.88. The lowest BCUT2D eigenvalue weighted by Crippen LogP contribution is -2.46. The first-order chi connectivity index (χ1) is 8.07. The molecule has 1 aliphatic rings. The molecular formula is C14H21BrN2. The quantitative estimate of drug-likeness (QED) is 0.925. The number of nitrogens with two attached hydrogens (primary N) is 1. The average molecular weight is 297 g/mol. The van der Waals surface area contributed by atoms with Crippen LogP contribution in [0.3, 0.4) is 0 Å². The van der Waals surface area contributed by atoms with Crippen LogP contribution in [-0.2, 0) is 6.54 Å².